The average Bonchev–Trinajstić information content (AvgIpc) is 2.29. The minimum atomic E-state index is -0.793. The van der Waals surface area contributed by atoms with Gasteiger partial charge in [0.2, 0.25) is 0 Å². The Balaban J connectivity index is 3.37. The highest BCUT2D eigenvalue weighted by molar-refractivity contribution is 5.64. The first-order valence-corrected chi connectivity index (χ1v) is 5.21. The van der Waals surface area contributed by atoms with Gasteiger partial charge in [0, 0.05) is 18.3 Å². The summed E-state index contributed by atoms with van der Waals surface area (Å²) in [5.74, 6) is 1.11. The number of nitro groups is 1. The Morgan fingerprint density at radius 2 is 2.24 bits per heavy atom. The van der Waals surface area contributed by atoms with E-state index in [4.69, 9.17) is 4.74 Å². The fraction of sp³-hybridized carbons (Fsp3) is 0.455. The van der Waals surface area contributed by atoms with Crippen LogP contribution in [0.3, 0.4) is 0 Å². The summed E-state index contributed by atoms with van der Waals surface area (Å²) in [6.07, 6.45) is 0.549. The summed E-state index contributed by atoms with van der Waals surface area (Å²) in [4.78, 5) is 20.9. The molecule has 0 saturated heterocycles. The Morgan fingerprint density at radius 1 is 1.59 bits per heavy atom. The van der Waals surface area contributed by atoms with Crippen molar-refractivity contribution < 1.29 is 19.6 Å². The van der Waals surface area contributed by atoms with Gasteiger partial charge >= 0.3 is 5.70 Å². The Morgan fingerprint density at radius 3 is 2.65 bits per heavy atom. The zero-order valence-electron chi connectivity index (χ0n) is 9.60. The number of carbonyl (C=O) groups excluding carboxylic acids is 1. The smallest absolute Gasteiger partial charge is 0.312 e. The Kier molecular flexibility index (Phi) is 4.20. The highest BCUT2D eigenvalue weighted by Crippen LogP contribution is 2.31. The quantitative estimate of drug-likeness (QED) is 0.456. The molecule has 1 N–H and O–H groups in total. The number of hydrogen-bond donors (Lipinski definition) is 1. The van der Waals surface area contributed by atoms with Gasteiger partial charge in [0.1, 0.15) is 12.0 Å². The van der Waals surface area contributed by atoms with Crippen LogP contribution in [0, 0.1) is 10.1 Å². The third-order valence-corrected chi connectivity index (χ3v) is 2.45. The van der Waals surface area contributed by atoms with Crippen LogP contribution >= 0.6 is 0 Å². The van der Waals surface area contributed by atoms with Crippen LogP contribution in [0.15, 0.2) is 28.7 Å². The van der Waals surface area contributed by atoms with Gasteiger partial charge in [0.05, 0.1) is 10.5 Å². The molecule has 6 heteroatoms. The molecule has 1 aliphatic carbocycles. The first-order chi connectivity index (χ1) is 8.06. The highest BCUT2D eigenvalue weighted by atomic mass is 16.6. The molecule has 1 unspecified atom stereocenters. The third-order valence-electron chi connectivity index (χ3n) is 2.45. The molecule has 92 valence electrons. The van der Waals surface area contributed by atoms with Gasteiger partial charge in [0.15, 0.2) is 5.76 Å². The Hall–Kier alpha value is -1.91. The second kappa shape index (κ2) is 5.43. The summed E-state index contributed by atoms with van der Waals surface area (Å²) < 4.78 is 5.30. The standard InChI is InChI=1S/C11H13NO5/c1-3-8-10(12(15)16)9(14)5-7(6-13)11(8)17-4-2/h5,11,14H,3-4H2,1-2H3. The maximum Gasteiger partial charge on any atom is 0.312 e. The van der Waals surface area contributed by atoms with Crippen LogP contribution in [-0.4, -0.2) is 28.7 Å². The van der Waals surface area contributed by atoms with Crippen molar-refractivity contribution in [2.24, 2.45) is 0 Å². The van der Waals surface area contributed by atoms with Crippen LogP contribution in [-0.2, 0) is 9.53 Å². The van der Waals surface area contributed by atoms with Crippen LogP contribution in [0.25, 0.3) is 0 Å². The molecule has 0 radical (unpaired) electrons. The molecule has 6 nitrogen and oxygen atoms in total. The normalized spacial score (nSPS) is 20.0. The summed E-state index contributed by atoms with van der Waals surface area (Å²) in [6.45, 7) is 3.73. The molecule has 0 bridgehead atoms. The van der Waals surface area contributed by atoms with E-state index in [1.54, 1.807) is 19.8 Å². The second-order valence-electron chi connectivity index (χ2n) is 3.41. The summed E-state index contributed by atoms with van der Waals surface area (Å²) in [5.41, 5.74) is -0.0213. The predicted octanol–water partition coefficient (Wildman–Crippen LogP) is 1.55. The number of aliphatic hydroxyl groups is 1. The first-order valence-electron chi connectivity index (χ1n) is 5.21. The van der Waals surface area contributed by atoms with Gasteiger partial charge in [0.25, 0.3) is 0 Å². The molecule has 0 saturated carbocycles. The van der Waals surface area contributed by atoms with Crippen LogP contribution in [0.4, 0.5) is 0 Å². The van der Waals surface area contributed by atoms with Crippen molar-refractivity contribution >= 4 is 5.94 Å². The van der Waals surface area contributed by atoms with Crippen molar-refractivity contribution in [3.05, 3.63) is 38.8 Å². The predicted molar refractivity (Wildman–Crippen MR) is 59.6 cm³/mol. The summed E-state index contributed by atoms with van der Waals surface area (Å²) in [5, 5.41) is 20.4. The average molecular weight is 239 g/mol. The van der Waals surface area contributed by atoms with Gasteiger partial charge in [-0.2, -0.15) is 0 Å². The summed E-state index contributed by atoms with van der Waals surface area (Å²) >= 11 is 0. The first kappa shape index (κ1) is 13.2. The molecule has 1 aliphatic rings. The number of aliphatic hydroxyl groups excluding tert-OH is 1. The molecule has 0 heterocycles. The highest BCUT2D eigenvalue weighted by Gasteiger charge is 2.35. The molecule has 1 atom stereocenters. The van der Waals surface area contributed by atoms with Gasteiger partial charge in [-0.1, -0.05) is 6.92 Å². The van der Waals surface area contributed by atoms with Gasteiger partial charge < -0.3 is 9.84 Å². The van der Waals surface area contributed by atoms with Crippen molar-refractivity contribution in [1.29, 1.82) is 0 Å². The third kappa shape index (κ3) is 2.43. The maximum absolute atomic E-state index is 10.9. The van der Waals surface area contributed by atoms with Crippen LogP contribution in [0.2, 0.25) is 0 Å². The van der Waals surface area contributed by atoms with E-state index in [9.17, 15) is 20.0 Å². The van der Waals surface area contributed by atoms with Crippen LogP contribution in [0.5, 0.6) is 0 Å². The lowest BCUT2D eigenvalue weighted by atomic mass is 9.92. The lowest BCUT2D eigenvalue weighted by Gasteiger charge is -2.22. The van der Waals surface area contributed by atoms with E-state index in [1.165, 1.54) is 0 Å². The lowest BCUT2D eigenvalue weighted by Crippen LogP contribution is -2.26. The van der Waals surface area contributed by atoms with E-state index in [0.29, 0.717) is 13.0 Å². The SMILES string of the molecule is CCOC1C(=C=O)C=C(O)C([N+](=O)[O-])=C1CC. The molecule has 0 aliphatic heterocycles. The molecule has 1 rings (SSSR count). The number of nitrogens with zero attached hydrogens (tertiary/aromatic N) is 1. The van der Waals surface area contributed by atoms with Crippen LogP contribution in [0.1, 0.15) is 20.3 Å². The van der Waals surface area contributed by atoms with E-state index in [2.05, 4.69) is 0 Å². The fourth-order valence-electron chi connectivity index (χ4n) is 1.77. The van der Waals surface area contributed by atoms with E-state index < -0.39 is 16.8 Å². The largest absolute Gasteiger partial charge is 0.502 e. The van der Waals surface area contributed by atoms with Crippen molar-refractivity contribution in [3.8, 4) is 0 Å². The van der Waals surface area contributed by atoms with Gasteiger partial charge in [-0.3, -0.25) is 10.1 Å². The zero-order chi connectivity index (χ0) is 13.0. The maximum atomic E-state index is 10.9. The molecule has 0 amide bonds. The van der Waals surface area contributed by atoms with Crippen molar-refractivity contribution in [2.75, 3.05) is 6.61 Å². The van der Waals surface area contributed by atoms with Crippen LogP contribution < -0.4 is 0 Å². The zero-order valence-corrected chi connectivity index (χ0v) is 9.60. The van der Waals surface area contributed by atoms with Crippen molar-refractivity contribution in [3.63, 3.8) is 0 Å². The van der Waals surface area contributed by atoms with E-state index in [0.717, 1.165) is 6.08 Å². The van der Waals surface area contributed by atoms with E-state index in [1.807, 2.05) is 0 Å². The van der Waals surface area contributed by atoms with Gasteiger partial charge in [-0.25, -0.2) is 4.79 Å². The molecular weight excluding hydrogens is 226 g/mol. The molecular formula is C11H13NO5. The monoisotopic (exact) mass is 239 g/mol. The molecule has 0 spiro atoms. The molecule has 0 aromatic carbocycles. The fourth-order valence-corrected chi connectivity index (χ4v) is 1.77. The number of ether oxygens (including phenoxy) is 1. The Labute approximate surface area is 98.0 Å². The summed E-state index contributed by atoms with van der Waals surface area (Å²) in [6, 6.07) is 0. The number of hydrogen-bond acceptors (Lipinski definition) is 5. The van der Waals surface area contributed by atoms with E-state index in [-0.39, 0.29) is 16.8 Å². The minimum absolute atomic E-state index is 0.0757. The molecule has 17 heavy (non-hydrogen) atoms. The van der Waals surface area contributed by atoms with Gasteiger partial charge in [-0.05, 0) is 13.3 Å². The molecule has 0 aromatic heterocycles. The van der Waals surface area contributed by atoms with Crippen molar-refractivity contribution in [1.82, 2.24) is 0 Å². The molecule has 0 aromatic rings. The lowest BCUT2D eigenvalue weighted by molar-refractivity contribution is -0.426. The van der Waals surface area contributed by atoms with E-state index >= 15 is 0 Å². The Bertz CT molecular complexity index is 443. The molecule has 0 fully saturated rings. The minimum Gasteiger partial charge on any atom is -0.502 e. The van der Waals surface area contributed by atoms with Gasteiger partial charge in [-0.15, -0.1) is 0 Å². The topological polar surface area (TPSA) is 89.7 Å². The van der Waals surface area contributed by atoms with Crippen molar-refractivity contribution in [2.45, 2.75) is 26.4 Å². The number of rotatable bonds is 4. The summed E-state index contributed by atoms with van der Waals surface area (Å²) in [7, 11) is 0. The second-order valence-corrected chi connectivity index (χ2v) is 3.41.